The van der Waals surface area contributed by atoms with E-state index in [1.165, 1.54) is 6.08 Å². The molecule has 0 spiro atoms. The van der Waals surface area contributed by atoms with Crippen molar-refractivity contribution in [3.05, 3.63) is 69.8 Å². The van der Waals surface area contributed by atoms with Gasteiger partial charge in [-0.05, 0) is 49.2 Å². The molecule has 2 aromatic rings. The molecule has 0 bridgehead atoms. The summed E-state index contributed by atoms with van der Waals surface area (Å²) in [6.45, 7) is 3.90. The number of anilines is 1. The van der Waals surface area contributed by atoms with Crippen LogP contribution in [0.15, 0.2) is 48.0 Å². The molecule has 0 heterocycles. The number of hydrogen-bond acceptors (Lipinski definition) is 2. The average molecular weight is 311 g/mol. The number of benzene rings is 2. The molecule has 0 saturated carbocycles. The first-order valence-corrected chi connectivity index (χ1v) is 7.13. The lowest BCUT2D eigenvalue weighted by molar-refractivity contribution is -0.112. The second-order valence-electron chi connectivity index (χ2n) is 4.99. The van der Waals surface area contributed by atoms with Gasteiger partial charge in [0.25, 0.3) is 5.91 Å². The highest BCUT2D eigenvalue weighted by Gasteiger charge is 2.10. The summed E-state index contributed by atoms with van der Waals surface area (Å²) >= 11 is 5.82. The maximum absolute atomic E-state index is 12.2. The molecular formula is C18H15ClN2O. The van der Waals surface area contributed by atoms with Crippen LogP contribution in [0.25, 0.3) is 6.08 Å². The SMILES string of the molecule is Cc1ccc(NC(=O)/C(C#N)=C/c2ccc(Cl)cc2)c(C)c1. The van der Waals surface area contributed by atoms with Crippen molar-refractivity contribution in [3.8, 4) is 6.07 Å². The number of halogens is 1. The molecular weight excluding hydrogens is 296 g/mol. The van der Waals surface area contributed by atoms with Crippen LogP contribution in [-0.4, -0.2) is 5.91 Å². The van der Waals surface area contributed by atoms with Crippen molar-refractivity contribution in [2.24, 2.45) is 0 Å². The number of carbonyl (C=O) groups is 1. The summed E-state index contributed by atoms with van der Waals surface area (Å²) in [5.41, 5.74) is 3.57. The van der Waals surface area contributed by atoms with Crippen LogP contribution in [0.2, 0.25) is 5.02 Å². The van der Waals surface area contributed by atoms with Crippen molar-refractivity contribution in [3.63, 3.8) is 0 Å². The first-order chi connectivity index (χ1) is 10.5. The second-order valence-corrected chi connectivity index (χ2v) is 5.43. The Bertz CT molecular complexity index is 771. The third-order valence-electron chi connectivity index (χ3n) is 3.18. The molecule has 0 saturated heterocycles. The monoisotopic (exact) mass is 310 g/mol. The molecule has 1 amide bonds. The Morgan fingerprint density at radius 1 is 1.18 bits per heavy atom. The van der Waals surface area contributed by atoms with Gasteiger partial charge < -0.3 is 5.32 Å². The van der Waals surface area contributed by atoms with E-state index in [1.54, 1.807) is 24.3 Å². The average Bonchev–Trinajstić information content (AvgIpc) is 2.49. The van der Waals surface area contributed by atoms with Crippen molar-refractivity contribution in [1.29, 1.82) is 5.26 Å². The van der Waals surface area contributed by atoms with Crippen LogP contribution in [0, 0.1) is 25.2 Å². The zero-order chi connectivity index (χ0) is 16.1. The molecule has 1 N–H and O–H groups in total. The van der Waals surface area contributed by atoms with E-state index in [-0.39, 0.29) is 5.57 Å². The van der Waals surface area contributed by atoms with Gasteiger partial charge in [-0.15, -0.1) is 0 Å². The van der Waals surface area contributed by atoms with E-state index in [4.69, 9.17) is 11.6 Å². The molecule has 0 radical (unpaired) electrons. The van der Waals surface area contributed by atoms with Crippen LogP contribution < -0.4 is 5.32 Å². The minimum Gasteiger partial charge on any atom is -0.321 e. The summed E-state index contributed by atoms with van der Waals surface area (Å²) in [6.07, 6.45) is 1.54. The van der Waals surface area contributed by atoms with E-state index in [0.717, 1.165) is 16.7 Å². The fourth-order valence-electron chi connectivity index (χ4n) is 2.02. The number of amides is 1. The third-order valence-corrected chi connectivity index (χ3v) is 3.43. The van der Waals surface area contributed by atoms with E-state index >= 15 is 0 Å². The molecule has 0 atom stereocenters. The van der Waals surface area contributed by atoms with E-state index in [9.17, 15) is 10.1 Å². The number of nitrogens with one attached hydrogen (secondary N) is 1. The molecule has 0 unspecified atom stereocenters. The Balaban J connectivity index is 2.22. The summed E-state index contributed by atoms with van der Waals surface area (Å²) in [6, 6.07) is 14.6. The van der Waals surface area contributed by atoms with E-state index < -0.39 is 5.91 Å². The zero-order valence-electron chi connectivity index (χ0n) is 12.4. The Hall–Kier alpha value is -2.57. The lowest BCUT2D eigenvalue weighted by Crippen LogP contribution is -2.14. The smallest absolute Gasteiger partial charge is 0.266 e. The number of rotatable bonds is 3. The maximum Gasteiger partial charge on any atom is 0.266 e. The Morgan fingerprint density at radius 2 is 1.86 bits per heavy atom. The molecule has 2 rings (SSSR count). The first kappa shape index (κ1) is 15.8. The van der Waals surface area contributed by atoms with Gasteiger partial charge in [-0.3, -0.25) is 4.79 Å². The molecule has 110 valence electrons. The standard InChI is InChI=1S/C18H15ClN2O/c1-12-3-8-17(13(2)9-12)21-18(22)15(11-20)10-14-4-6-16(19)7-5-14/h3-10H,1-2H3,(H,21,22)/b15-10+. The molecule has 0 aliphatic heterocycles. The van der Waals surface area contributed by atoms with Crippen LogP contribution in [0.1, 0.15) is 16.7 Å². The van der Waals surface area contributed by atoms with Gasteiger partial charge in [-0.1, -0.05) is 41.4 Å². The lowest BCUT2D eigenvalue weighted by Gasteiger charge is -2.08. The third kappa shape index (κ3) is 3.97. The predicted octanol–water partition coefficient (Wildman–Crippen LogP) is 4.50. The van der Waals surface area contributed by atoms with Gasteiger partial charge in [0.05, 0.1) is 0 Å². The highest BCUT2D eigenvalue weighted by atomic mass is 35.5. The number of hydrogen-bond donors (Lipinski definition) is 1. The summed E-state index contributed by atoms with van der Waals surface area (Å²) in [4.78, 5) is 12.2. The predicted molar refractivity (Wildman–Crippen MR) is 89.6 cm³/mol. The number of aryl methyl sites for hydroxylation is 2. The molecule has 0 aliphatic carbocycles. The summed E-state index contributed by atoms with van der Waals surface area (Å²) in [7, 11) is 0. The molecule has 2 aromatic carbocycles. The Labute approximate surface area is 134 Å². The molecule has 0 aromatic heterocycles. The van der Waals surface area contributed by atoms with Crippen molar-refractivity contribution >= 4 is 29.3 Å². The van der Waals surface area contributed by atoms with Gasteiger partial charge in [0, 0.05) is 10.7 Å². The molecule has 0 fully saturated rings. The normalized spacial score (nSPS) is 10.9. The van der Waals surface area contributed by atoms with Crippen molar-refractivity contribution in [2.75, 3.05) is 5.32 Å². The van der Waals surface area contributed by atoms with Gasteiger partial charge in [0.2, 0.25) is 0 Å². The van der Waals surface area contributed by atoms with Gasteiger partial charge >= 0.3 is 0 Å². The number of nitrogens with zero attached hydrogens (tertiary/aromatic N) is 1. The minimum atomic E-state index is -0.426. The molecule has 0 aliphatic rings. The topological polar surface area (TPSA) is 52.9 Å². The van der Waals surface area contributed by atoms with Gasteiger partial charge in [0.15, 0.2) is 0 Å². The summed E-state index contributed by atoms with van der Waals surface area (Å²) in [5.74, 6) is -0.426. The second kappa shape index (κ2) is 6.93. The van der Waals surface area contributed by atoms with Crippen LogP contribution in [0.4, 0.5) is 5.69 Å². The zero-order valence-corrected chi connectivity index (χ0v) is 13.1. The van der Waals surface area contributed by atoms with Gasteiger partial charge in [-0.2, -0.15) is 5.26 Å². The molecule has 4 heteroatoms. The Morgan fingerprint density at radius 3 is 2.45 bits per heavy atom. The van der Waals surface area contributed by atoms with Crippen LogP contribution in [0.5, 0.6) is 0 Å². The van der Waals surface area contributed by atoms with E-state index in [0.29, 0.717) is 10.7 Å². The van der Waals surface area contributed by atoms with Crippen molar-refractivity contribution < 1.29 is 4.79 Å². The number of carbonyl (C=O) groups excluding carboxylic acids is 1. The minimum absolute atomic E-state index is 0.0438. The highest BCUT2D eigenvalue weighted by molar-refractivity contribution is 6.30. The van der Waals surface area contributed by atoms with E-state index in [2.05, 4.69) is 5.32 Å². The van der Waals surface area contributed by atoms with Crippen molar-refractivity contribution in [1.82, 2.24) is 0 Å². The highest BCUT2D eigenvalue weighted by Crippen LogP contribution is 2.18. The van der Waals surface area contributed by atoms with Crippen LogP contribution in [-0.2, 0) is 4.79 Å². The number of nitriles is 1. The Kier molecular flexibility index (Phi) is 4.98. The lowest BCUT2D eigenvalue weighted by atomic mass is 10.1. The maximum atomic E-state index is 12.2. The summed E-state index contributed by atoms with van der Waals surface area (Å²) < 4.78 is 0. The van der Waals surface area contributed by atoms with E-state index in [1.807, 2.05) is 38.1 Å². The largest absolute Gasteiger partial charge is 0.321 e. The fraction of sp³-hybridized carbons (Fsp3) is 0.111. The quantitative estimate of drug-likeness (QED) is 0.670. The van der Waals surface area contributed by atoms with Gasteiger partial charge in [0.1, 0.15) is 11.6 Å². The molecule has 3 nitrogen and oxygen atoms in total. The van der Waals surface area contributed by atoms with Gasteiger partial charge in [-0.25, -0.2) is 0 Å². The fourth-order valence-corrected chi connectivity index (χ4v) is 2.14. The van der Waals surface area contributed by atoms with Crippen molar-refractivity contribution in [2.45, 2.75) is 13.8 Å². The first-order valence-electron chi connectivity index (χ1n) is 6.75. The summed E-state index contributed by atoms with van der Waals surface area (Å²) in [5, 5.41) is 12.6. The van der Waals surface area contributed by atoms with Crippen LogP contribution >= 0.6 is 11.6 Å². The van der Waals surface area contributed by atoms with Crippen LogP contribution in [0.3, 0.4) is 0 Å². The molecule has 22 heavy (non-hydrogen) atoms.